The lowest BCUT2D eigenvalue weighted by Gasteiger charge is -2.10. The lowest BCUT2D eigenvalue weighted by molar-refractivity contribution is -0.121. The Morgan fingerprint density at radius 1 is 1.15 bits per heavy atom. The molecular formula is C26H25N3O2S2. The second kappa shape index (κ2) is 10.6. The molecule has 2 aromatic carbocycles. The summed E-state index contributed by atoms with van der Waals surface area (Å²) < 4.78 is 8.17. The maximum Gasteiger partial charge on any atom is 0.266 e. The minimum atomic E-state index is -0.108. The fourth-order valence-electron chi connectivity index (χ4n) is 3.40. The van der Waals surface area contributed by atoms with Crippen LogP contribution in [0, 0.1) is 0 Å². The number of hydrogen-bond donors (Lipinski definition) is 0. The van der Waals surface area contributed by atoms with Crippen LogP contribution in [-0.2, 0) is 4.79 Å². The largest absolute Gasteiger partial charge is 0.494 e. The first-order valence-corrected chi connectivity index (χ1v) is 12.1. The maximum absolute atomic E-state index is 12.9. The fourth-order valence-corrected chi connectivity index (χ4v) is 4.67. The van der Waals surface area contributed by atoms with E-state index in [1.165, 1.54) is 11.8 Å². The first kappa shape index (κ1) is 23.0. The van der Waals surface area contributed by atoms with Crippen molar-refractivity contribution in [3.8, 4) is 22.7 Å². The molecule has 5 nitrogen and oxygen atoms in total. The van der Waals surface area contributed by atoms with E-state index < -0.39 is 0 Å². The average molecular weight is 476 g/mol. The highest BCUT2D eigenvalue weighted by molar-refractivity contribution is 8.26. The van der Waals surface area contributed by atoms with Gasteiger partial charge in [-0.25, -0.2) is 4.68 Å². The van der Waals surface area contributed by atoms with Crippen molar-refractivity contribution in [3.05, 3.63) is 83.9 Å². The van der Waals surface area contributed by atoms with Gasteiger partial charge in [0.1, 0.15) is 10.1 Å². The van der Waals surface area contributed by atoms with Crippen LogP contribution in [0.3, 0.4) is 0 Å². The number of carbonyl (C=O) groups excluding carboxylic acids is 1. The summed E-state index contributed by atoms with van der Waals surface area (Å²) in [5.41, 5.74) is 3.52. The van der Waals surface area contributed by atoms with Crippen LogP contribution < -0.4 is 4.74 Å². The van der Waals surface area contributed by atoms with Crippen LogP contribution in [0.5, 0.6) is 5.75 Å². The SMILES string of the molecule is C=CCN1C(=O)/C(=C/c2cn(-c3ccccc3)nc2-c2ccc(OCCCC)cc2)SC1=S. The van der Waals surface area contributed by atoms with Gasteiger partial charge in [0.05, 0.1) is 22.9 Å². The van der Waals surface area contributed by atoms with Gasteiger partial charge in [-0.15, -0.1) is 6.58 Å². The van der Waals surface area contributed by atoms with Crippen LogP contribution in [0.2, 0.25) is 0 Å². The van der Waals surface area contributed by atoms with E-state index in [-0.39, 0.29) is 5.91 Å². The number of nitrogens with zero attached hydrogens (tertiary/aromatic N) is 3. The van der Waals surface area contributed by atoms with Gasteiger partial charge in [0.15, 0.2) is 0 Å². The van der Waals surface area contributed by atoms with Gasteiger partial charge in [0, 0.05) is 23.9 Å². The molecule has 0 spiro atoms. The van der Waals surface area contributed by atoms with Gasteiger partial charge in [-0.3, -0.25) is 9.69 Å². The van der Waals surface area contributed by atoms with Crippen molar-refractivity contribution in [2.75, 3.05) is 13.2 Å². The van der Waals surface area contributed by atoms with Crippen molar-refractivity contribution >= 4 is 40.3 Å². The number of hydrogen-bond acceptors (Lipinski definition) is 5. The van der Waals surface area contributed by atoms with E-state index in [9.17, 15) is 4.79 Å². The minimum absolute atomic E-state index is 0.108. The second-order valence-corrected chi connectivity index (χ2v) is 9.20. The molecule has 1 aromatic heterocycles. The fraction of sp³-hybridized carbons (Fsp3) is 0.192. The number of amides is 1. The molecule has 0 aliphatic carbocycles. The van der Waals surface area contributed by atoms with Crippen molar-refractivity contribution in [2.24, 2.45) is 0 Å². The summed E-state index contributed by atoms with van der Waals surface area (Å²) in [5, 5.41) is 4.85. The van der Waals surface area contributed by atoms with Crippen LogP contribution in [0.4, 0.5) is 0 Å². The molecule has 4 rings (SSSR count). The Morgan fingerprint density at radius 3 is 2.61 bits per heavy atom. The Balaban J connectivity index is 1.71. The molecule has 0 bridgehead atoms. The molecule has 1 fully saturated rings. The topological polar surface area (TPSA) is 47.4 Å². The maximum atomic E-state index is 12.9. The number of ether oxygens (including phenoxy) is 1. The van der Waals surface area contributed by atoms with E-state index in [1.54, 1.807) is 11.0 Å². The van der Waals surface area contributed by atoms with Crippen LogP contribution in [-0.4, -0.2) is 38.1 Å². The molecule has 7 heteroatoms. The molecule has 0 saturated carbocycles. The number of para-hydroxylation sites is 1. The Labute approximate surface area is 203 Å². The lowest BCUT2D eigenvalue weighted by atomic mass is 10.1. The molecule has 0 N–H and O–H groups in total. The lowest BCUT2D eigenvalue weighted by Crippen LogP contribution is -2.27. The summed E-state index contributed by atoms with van der Waals surface area (Å²) >= 11 is 6.69. The first-order chi connectivity index (χ1) is 16.1. The molecule has 2 heterocycles. The third-order valence-corrected chi connectivity index (χ3v) is 6.51. The highest BCUT2D eigenvalue weighted by atomic mass is 32.2. The summed E-state index contributed by atoms with van der Waals surface area (Å²) in [6.45, 7) is 6.96. The van der Waals surface area contributed by atoms with Gasteiger partial charge < -0.3 is 4.74 Å². The minimum Gasteiger partial charge on any atom is -0.494 e. The van der Waals surface area contributed by atoms with E-state index >= 15 is 0 Å². The zero-order valence-corrected chi connectivity index (χ0v) is 20.1. The molecular weight excluding hydrogens is 450 g/mol. The molecule has 33 heavy (non-hydrogen) atoms. The Kier molecular flexibility index (Phi) is 7.42. The van der Waals surface area contributed by atoms with E-state index in [0.717, 1.165) is 41.1 Å². The normalized spacial score (nSPS) is 14.8. The van der Waals surface area contributed by atoms with Crippen LogP contribution in [0.1, 0.15) is 25.3 Å². The van der Waals surface area contributed by atoms with E-state index in [4.69, 9.17) is 22.1 Å². The molecule has 1 aliphatic rings. The van der Waals surface area contributed by atoms with Gasteiger partial charge in [0.2, 0.25) is 0 Å². The molecule has 1 amide bonds. The molecule has 168 valence electrons. The summed E-state index contributed by atoms with van der Waals surface area (Å²) in [5.74, 6) is 0.726. The van der Waals surface area contributed by atoms with Crippen molar-refractivity contribution in [3.63, 3.8) is 0 Å². The monoisotopic (exact) mass is 475 g/mol. The summed E-state index contributed by atoms with van der Waals surface area (Å²) in [4.78, 5) is 15.0. The smallest absolute Gasteiger partial charge is 0.266 e. The van der Waals surface area contributed by atoms with Gasteiger partial charge in [-0.05, 0) is 48.9 Å². The average Bonchev–Trinajstić information content (AvgIpc) is 3.37. The standard InChI is InChI=1S/C26H25N3O2S2/c1-3-5-16-31-22-13-11-19(12-14-22)24-20(18-29(27-24)21-9-7-6-8-10-21)17-23-25(30)28(15-4-2)26(32)33-23/h4,6-14,17-18H,2-3,5,15-16H2,1H3/b23-17-. The number of thioether (sulfide) groups is 1. The predicted molar refractivity (Wildman–Crippen MR) is 139 cm³/mol. The number of thiocarbonyl (C=S) groups is 1. The van der Waals surface area contributed by atoms with Crippen LogP contribution in [0.15, 0.2) is 78.4 Å². The number of aromatic nitrogens is 2. The third kappa shape index (κ3) is 5.26. The van der Waals surface area contributed by atoms with Gasteiger partial charge >= 0.3 is 0 Å². The molecule has 0 unspecified atom stereocenters. The number of unbranched alkanes of at least 4 members (excludes halogenated alkanes) is 1. The van der Waals surface area contributed by atoms with Crippen LogP contribution in [0.25, 0.3) is 23.0 Å². The zero-order valence-electron chi connectivity index (χ0n) is 18.4. The highest BCUT2D eigenvalue weighted by Crippen LogP contribution is 2.35. The molecule has 3 aromatic rings. The Morgan fingerprint density at radius 2 is 1.91 bits per heavy atom. The number of rotatable bonds is 9. The molecule has 1 saturated heterocycles. The van der Waals surface area contributed by atoms with Crippen molar-refractivity contribution in [1.82, 2.24) is 14.7 Å². The summed E-state index contributed by atoms with van der Waals surface area (Å²) in [6, 6.07) is 17.8. The van der Waals surface area contributed by atoms with E-state index in [1.807, 2.05) is 71.6 Å². The van der Waals surface area contributed by atoms with Gasteiger partial charge in [0.25, 0.3) is 5.91 Å². The quantitative estimate of drug-likeness (QED) is 0.162. The van der Waals surface area contributed by atoms with Gasteiger partial charge in [-0.2, -0.15) is 5.10 Å². The van der Waals surface area contributed by atoms with Gasteiger partial charge in [-0.1, -0.05) is 61.6 Å². The molecule has 1 aliphatic heterocycles. The summed E-state index contributed by atoms with van der Waals surface area (Å²) in [7, 11) is 0. The zero-order chi connectivity index (χ0) is 23.2. The second-order valence-electron chi connectivity index (χ2n) is 7.52. The predicted octanol–water partition coefficient (Wildman–Crippen LogP) is 6.11. The van der Waals surface area contributed by atoms with Crippen molar-refractivity contribution < 1.29 is 9.53 Å². The summed E-state index contributed by atoms with van der Waals surface area (Å²) in [6.07, 6.45) is 7.61. The Hall–Kier alpha value is -3.16. The number of carbonyl (C=O) groups is 1. The highest BCUT2D eigenvalue weighted by Gasteiger charge is 2.31. The molecule has 0 radical (unpaired) electrons. The van der Waals surface area contributed by atoms with E-state index in [2.05, 4.69) is 13.5 Å². The van der Waals surface area contributed by atoms with Crippen molar-refractivity contribution in [2.45, 2.75) is 19.8 Å². The van der Waals surface area contributed by atoms with E-state index in [0.29, 0.717) is 22.4 Å². The van der Waals surface area contributed by atoms with Crippen LogP contribution >= 0.6 is 24.0 Å². The third-order valence-electron chi connectivity index (χ3n) is 5.13. The molecule has 0 atom stereocenters. The number of benzene rings is 2. The first-order valence-electron chi connectivity index (χ1n) is 10.8. The van der Waals surface area contributed by atoms with Crippen molar-refractivity contribution in [1.29, 1.82) is 0 Å². The Bertz CT molecular complexity index is 1180.